The second-order valence-electron chi connectivity index (χ2n) is 5.99. The van der Waals surface area contributed by atoms with E-state index in [0.717, 1.165) is 12.1 Å². The molecule has 0 aliphatic carbocycles. The van der Waals surface area contributed by atoms with Gasteiger partial charge in [-0.05, 0) is 49.4 Å². The number of amides is 1. The molecular formula is C20H16F2N4O3. The number of nitrogens with zero attached hydrogens (tertiary/aromatic N) is 2. The van der Waals surface area contributed by atoms with E-state index in [1.165, 1.54) is 13.2 Å². The van der Waals surface area contributed by atoms with Crippen LogP contribution in [0, 0.1) is 18.6 Å². The highest BCUT2D eigenvalue weighted by molar-refractivity contribution is 6.03. The highest BCUT2D eigenvalue weighted by Crippen LogP contribution is 2.18. The Hall–Kier alpha value is -3.88. The van der Waals surface area contributed by atoms with Crippen molar-refractivity contribution in [3.63, 3.8) is 0 Å². The van der Waals surface area contributed by atoms with E-state index in [4.69, 9.17) is 0 Å². The highest BCUT2D eigenvalue weighted by atomic mass is 19.1. The van der Waals surface area contributed by atoms with Gasteiger partial charge in [0.25, 0.3) is 5.91 Å². The number of carbonyl (C=O) groups excluding carboxylic acids is 2. The van der Waals surface area contributed by atoms with Crippen molar-refractivity contribution in [2.24, 2.45) is 0 Å². The summed E-state index contributed by atoms with van der Waals surface area (Å²) in [5.41, 5.74) is 1.29. The number of carbonyl (C=O) groups is 2. The molecule has 0 aliphatic heterocycles. The fraction of sp³-hybridized carbons (Fsp3) is 0.100. The Balaban J connectivity index is 1.78. The van der Waals surface area contributed by atoms with Crippen LogP contribution >= 0.6 is 0 Å². The summed E-state index contributed by atoms with van der Waals surface area (Å²) in [6, 6.07) is 10.7. The van der Waals surface area contributed by atoms with Crippen molar-refractivity contribution in [3.05, 3.63) is 77.1 Å². The van der Waals surface area contributed by atoms with Gasteiger partial charge < -0.3 is 15.4 Å². The van der Waals surface area contributed by atoms with E-state index >= 15 is 0 Å². The lowest BCUT2D eigenvalue weighted by Gasteiger charge is -2.10. The maximum atomic E-state index is 13.8. The molecular weight excluding hydrogens is 382 g/mol. The number of ether oxygens (including phenoxy) is 1. The van der Waals surface area contributed by atoms with Crippen LogP contribution in [0.25, 0.3) is 0 Å². The molecule has 0 saturated carbocycles. The maximum absolute atomic E-state index is 13.8. The SMILES string of the molecule is COC(=O)c1ccc(Nc2nc(C)cc(C(=O)Nc3ccc(F)cc3F)n2)cc1. The number of aromatic nitrogens is 2. The molecule has 0 unspecified atom stereocenters. The predicted octanol–water partition coefficient (Wildman–Crippen LogP) is 3.85. The zero-order valence-corrected chi connectivity index (χ0v) is 15.5. The molecule has 0 spiro atoms. The van der Waals surface area contributed by atoms with E-state index < -0.39 is 23.5 Å². The smallest absolute Gasteiger partial charge is 0.337 e. The molecule has 0 radical (unpaired) electrons. The first kappa shape index (κ1) is 19.9. The Morgan fingerprint density at radius 2 is 1.72 bits per heavy atom. The topological polar surface area (TPSA) is 93.2 Å². The molecule has 148 valence electrons. The Morgan fingerprint density at radius 3 is 2.38 bits per heavy atom. The summed E-state index contributed by atoms with van der Waals surface area (Å²) in [6.07, 6.45) is 0. The van der Waals surface area contributed by atoms with E-state index in [1.807, 2.05) is 0 Å². The van der Waals surface area contributed by atoms with Gasteiger partial charge in [-0.2, -0.15) is 0 Å². The molecule has 1 heterocycles. The number of aryl methyl sites for hydroxylation is 1. The Labute approximate surface area is 164 Å². The van der Waals surface area contributed by atoms with Gasteiger partial charge >= 0.3 is 5.97 Å². The molecule has 0 aliphatic rings. The van der Waals surface area contributed by atoms with Crippen molar-refractivity contribution in [2.75, 3.05) is 17.7 Å². The summed E-state index contributed by atoms with van der Waals surface area (Å²) >= 11 is 0. The van der Waals surface area contributed by atoms with Crippen LogP contribution in [0.5, 0.6) is 0 Å². The highest BCUT2D eigenvalue weighted by Gasteiger charge is 2.14. The first-order valence-corrected chi connectivity index (χ1v) is 8.43. The Bertz CT molecular complexity index is 1070. The first-order chi connectivity index (χ1) is 13.9. The minimum absolute atomic E-state index is 0.00472. The van der Waals surface area contributed by atoms with Crippen LogP contribution in [-0.4, -0.2) is 29.0 Å². The molecule has 9 heteroatoms. The zero-order valence-electron chi connectivity index (χ0n) is 15.5. The van der Waals surface area contributed by atoms with Crippen LogP contribution in [0.2, 0.25) is 0 Å². The Kier molecular flexibility index (Phi) is 5.77. The second kappa shape index (κ2) is 8.42. The molecule has 3 rings (SSSR count). The minimum atomic E-state index is -0.895. The van der Waals surface area contributed by atoms with Crippen molar-refractivity contribution in [1.29, 1.82) is 0 Å². The normalized spacial score (nSPS) is 10.3. The lowest BCUT2D eigenvalue weighted by Crippen LogP contribution is -2.16. The Morgan fingerprint density at radius 1 is 1.00 bits per heavy atom. The number of nitrogens with one attached hydrogen (secondary N) is 2. The van der Waals surface area contributed by atoms with Gasteiger partial charge in [-0.1, -0.05) is 0 Å². The van der Waals surface area contributed by atoms with Crippen molar-refractivity contribution in [3.8, 4) is 0 Å². The minimum Gasteiger partial charge on any atom is -0.465 e. The standard InChI is InChI=1S/C20H16F2N4O3/c1-11-9-17(18(27)25-16-8-5-13(21)10-15(16)22)26-20(23-11)24-14-6-3-12(4-7-14)19(28)29-2/h3-10H,1-2H3,(H,25,27)(H,23,24,26). The van der Waals surface area contributed by atoms with E-state index in [9.17, 15) is 18.4 Å². The molecule has 3 aromatic rings. The first-order valence-electron chi connectivity index (χ1n) is 8.43. The molecule has 2 aromatic carbocycles. The monoisotopic (exact) mass is 398 g/mol. The summed E-state index contributed by atoms with van der Waals surface area (Å²) in [5.74, 6) is -2.64. The van der Waals surface area contributed by atoms with Crippen molar-refractivity contribution < 1.29 is 23.1 Å². The average Bonchev–Trinajstić information content (AvgIpc) is 2.69. The third-order valence-corrected chi connectivity index (χ3v) is 3.83. The molecule has 1 aromatic heterocycles. The van der Waals surface area contributed by atoms with Gasteiger partial charge in [0.15, 0.2) is 0 Å². The lowest BCUT2D eigenvalue weighted by molar-refractivity contribution is 0.0600. The quantitative estimate of drug-likeness (QED) is 0.635. The molecule has 29 heavy (non-hydrogen) atoms. The lowest BCUT2D eigenvalue weighted by atomic mass is 10.2. The number of rotatable bonds is 5. The number of methoxy groups -OCH3 is 1. The molecule has 0 atom stereocenters. The number of esters is 1. The van der Waals surface area contributed by atoms with Gasteiger partial charge in [-0.3, -0.25) is 4.79 Å². The van der Waals surface area contributed by atoms with Gasteiger partial charge in [0.1, 0.15) is 17.3 Å². The van der Waals surface area contributed by atoms with E-state index in [-0.39, 0.29) is 17.3 Å². The van der Waals surface area contributed by atoms with Crippen molar-refractivity contribution in [2.45, 2.75) is 6.92 Å². The number of halogens is 2. The van der Waals surface area contributed by atoms with Crippen LogP contribution in [0.1, 0.15) is 26.5 Å². The molecule has 7 nitrogen and oxygen atoms in total. The van der Waals surface area contributed by atoms with Gasteiger partial charge in [0.2, 0.25) is 5.95 Å². The fourth-order valence-corrected chi connectivity index (χ4v) is 2.45. The third-order valence-electron chi connectivity index (χ3n) is 3.83. The molecule has 0 bridgehead atoms. The van der Waals surface area contributed by atoms with Crippen molar-refractivity contribution >= 4 is 29.2 Å². The maximum Gasteiger partial charge on any atom is 0.337 e. The van der Waals surface area contributed by atoms with Crippen molar-refractivity contribution in [1.82, 2.24) is 9.97 Å². The predicted molar refractivity (Wildman–Crippen MR) is 102 cm³/mol. The summed E-state index contributed by atoms with van der Waals surface area (Å²) in [4.78, 5) is 32.2. The van der Waals surface area contributed by atoms with E-state index in [1.54, 1.807) is 31.2 Å². The van der Waals surface area contributed by atoms with E-state index in [0.29, 0.717) is 23.0 Å². The molecule has 1 amide bonds. The summed E-state index contributed by atoms with van der Waals surface area (Å²) in [5, 5.41) is 5.28. The van der Waals surface area contributed by atoms with Gasteiger partial charge in [-0.15, -0.1) is 0 Å². The van der Waals surface area contributed by atoms with Crippen LogP contribution in [0.15, 0.2) is 48.5 Å². The van der Waals surface area contributed by atoms with Crippen LogP contribution in [0.3, 0.4) is 0 Å². The molecule has 0 fully saturated rings. The summed E-state index contributed by atoms with van der Waals surface area (Å²) in [7, 11) is 1.29. The molecule has 0 saturated heterocycles. The van der Waals surface area contributed by atoms with Crippen LogP contribution < -0.4 is 10.6 Å². The third kappa shape index (κ3) is 4.89. The number of hydrogen-bond donors (Lipinski definition) is 2. The number of benzene rings is 2. The number of anilines is 3. The van der Waals surface area contributed by atoms with Gasteiger partial charge in [0, 0.05) is 17.4 Å². The average molecular weight is 398 g/mol. The van der Waals surface area contributed by atoms with E-state index in [2.05, 4.69) is 25.3 Å². The largest absolute Gasteiger partial charge is 0.465 e. The summed E-state index contributed by atoms with van der Waals surface area (Å²) in [6.45, 7) is 1.67. The summed E-state index contributed by atoms with van der Waals surface area (Å²) < 4.78 is 31.4. The van der Waals surface area contributed by atoms with Crippen LogP contribution in [-0.2, 0) is 4.74 Å². The fourth-order valence-electron chi connectivity index (χ4n) is 2.45. The zero-order chi connectivity index (χ0) is 21.0. The number of hydrogen-bond acceptors (Lipinski definition) is 6. The van der Waals surface area contributed by atoms with Crippen LogP contribution in [0.4, 0.5) is 26.1 Å². The van der Waals surface area contributed by atoms with Gasteiger partial charge in [0.05, 0.1) is 18.4 Å². The second-order valence-corrected chi connectivity index (χ2v) is 5.99. The molecule has 2 N–H and O–H groups in total. The van der Waals surface area contributed by atoms with Gasteiger partial charge in [-0.25, -0.2) is 23.5 Å².